The first-order chi connectivity index (χ1) is 9.79. The van der Waals surface area contributed by atoms with Gasteiger partial charge in [0, 0.05) is 28.9 Å². The second kappa shape index (κ2) is 5.70. The number of rotatable bonds is 3. The van der Waals surface area contributed by atoms with Gasteiger partial charge in [0.25, 0.3) is 0 Å². The van der Waals surface area contributed by atoms with Crippen molar-refractivity contribution in [3.05, 3.63) is 30.6 Å². The standard InChI is InChI=1S/C17H22N2O/c1-2-12-5-3-4-6-16(12)20-17-8-7-15(18)13-9-10-19-11-14(13)17/h7-12,16H,2-6,18H2,1H3. The highest BCUT2D eigenvalue weighted by Gasteiger charge is 2.25. The van der Waals surface area contributed by atoms with Crippen LogP contribution in [0.2, 0.25) is 0 Å². The van der Waals surface area contributed by atoms with Crippen LogP contribution in [-0.4, -0.2) is 11.1 Å². The molecule has 1 heterocycles. The molecule has 0 radical (unpaired) electrons. The zero-order chi connectivity index (χ0) is 13.9. The van der Waals surface area contributed by atoms with E-state index in [0.29, 0.717) is 12.0 Å². The molecular weight excluding hydrogens is 248 g/mol. The Kier molecular flexibility index (Phi) is 3.77. The van der Waals surface area contributed by atoms with Crippen molar-refractivity contribution in [2.24, 2.45) is 5.92 Å². The van der Waals surface area contributed by atoms with E-state index in [0.717, 1.165) is 28.6 Å². The Labute approximate surface area is 120 Å². The molecule has 1 aliphatic rings. The fourth-order valence-electron chi connectivity index (χ4n) is 3.25. The first-order valence-electron chi connectivity index (χ1n) is 7.58. The summed E-state index contributed by atoms with van der Waals surface area (Å²) in [5, 5.41) is 2.05. The van der Waals surface area contributed by atoms with E-state index >= 15 is 0 Å². The molecule has 1 aliphatic carbocycles. The van der Waals surface area contributed by atoms with Crippen LogP contribution < -0.4 is 10.5 Å². The van der Waals surface area contributed by atoms with Gasteiger partial charge in [-0.15, -0.1) is 0 Å². The summed E-state index contributed by atoms with van der Waals surface area (Å²) in [7, 11) is 0. The third kappa shape index (κ3) is 2.45. The van der Waals surface area contributed by atoms with Gasteiger partial charge in [-0.2, -0.15) is 0 Å². The molecule has 2 unspecified atom stereocenters. The molecule has 2 N–H and O–H groups in total. The summed E-state index contributed by atoms with van der Waals surface area (Å²) in [6.07, 6.45) is 10.2. The fourth-order valence-corrected chi connectivity index (χ4v) is 3.25. The molecule has 0 bridgehead atoms. The van der Waals surface area contributed by atoms with Gasteiger partial charge in [0.1, 0.15) is 11.9 Å². The lowest BCUT2D eigenvalue weighted by molar-refractivity contribution is 0.0919. The average molecular weight is 270 g/mol. The average Bonchev–Trinajstić information content (AvgIpc) is 2.51. The summed E-state index contributed by atoms with van der Waals surface area (Å²) in [5.41, 5.74) is 6.81. The van der Waals surface area contributed by atoms with Gasteiger partial charge in [-0.3, -0.25) is 4.98 Å². The zero-order valence-electron chi connectivity index (χ0n) is 12.0. The molecule has 106 valence electrons. The second-order valence-electron chi connectivity index (χ2n) is 5.68. The van der Waals surface area contributed by atoms with Gasteiger partial charge in [0.2, 0.25) is 0 Å². The van der Waals surface area contributed by atoms with Crippen molar-refractivity contribution in [1.82, 2.24) is 4.98 Å². The fraction of sp³-hybridized carbons (Fsp3) is 0.471. The number of fused-ring (bicyclic) bond motifs is 1. The number of anilines is 1. The van der Waals surface area contributed by atoms with E-state index in [1.807, 2.05) is 24.4 Å². The summed E-state index contributed by atoms with van der Waals surface area (Å²) >= 11 is 0. The van der Waals surface area contributed by atoms with Crippen LogP contribution in [0.3, 0.4) is 0 Å². The van der Waals surface area contributed by atoms with Crippen molar-refractivity contribution in [3.63, 3.8) is 0 Å². The van der Waals surface area contributed by atoms with Crippen LogP contribution in [0, 0.1) is 5.92 Å². The molecule has 3 rings (SSSR count). The van der Waals surface area contributed by atoms with Crippen molar-refractivity contribution in [3.8, 4) is 5.75 Å². The first-order valence-corrected chi connectivity index (χ1v) is 7.58. The first kappa shape index (κ1) is 13.2. The highest BCUT2D eigenvalue weighted by molar-refractivity contribution is 5.96. The molecule has 2 atom stereocenters. The Balaban J connectivity index is 1.92. The molecule has 1 saturated carbocycles. The van der Waals surface area contributed by atoms with E-state index in [1.165, 1.54) is 25.7 Å². The monoisotopic (exact) mass is 270 g/mol. The van der Waals surface area contributed by atoms with Gasteiger partial charge >= 0.3 is 0 Å². The lowest BCUT2D eigenvalue weighted by atomic mass is 9.84. The molecule has 2 aromatic rings. The SMILES string of the molecule is CCC1CCCCC1Oc1ccc(N)c2ccncc12. The van der Waals surface area contributed by atoms with Gasteiger partial charge in [-0.25, -0.2) is 0 Å². The topological polar surface area (TPSA) is 48.1 Å². The number of nitrogens with zero attached hydrogens (tertiary/aromatic N) is 1. The summed E-state index contributed by atoms with van der Waals surface area (Å²) in [6.45, 7) is 2.26. The van der Waals surface area contributed by atoms with Crippen molar-refractivity contribution in [1.29, 1.82) is 0 Å². The molecule has 1 aromatic carbocycles. The van der Waals surface area contributed by atoms with E-state index in [1.54, 1.807) is 6.20 Å². The number of nitrogen functional groups attached to an aromatic ring is 1. The normalized spacial score (nSPS) is 22.9. The van der Waals surface area contributed by atoms with Crippen molar-refractivity contribution < 1.29 is 4.74 Å². The van der Waals surface area contributed by atoms with E-state index in [9.17, 15) is 0 Å². The number of aromatic nitrogens is 1. The molecule has 0 spiro atoms. The van der Waals surface area contributed by atoms with Gasteiger partial charge < -0.3 is 10.5 Å². The van der Waals surface area contributed by atoms with Crippen molar-refractivity contribution >= 4 is 16.5 Å². The minimum absolute atomic E-state index is 0.334. The van der Waals surface area contributed by atoms with Crippen molar-refractivity contribution in [2.75, 3.05) is 5.73 Å². The summed E-state index contributed by atoms with van der Waals surface area (Å²) in [5.74, 6) is 1.60. The summed E-state index contributed by atoms with van der Waals surface area (Å²) < 4.78 is 6.33. The largest absolute Gasteiger partial charge is 0.489 e. The quantitative estimate of drug-likeness (QED) is 0.852. The lowest BCUT2D eigenvalue weighted by Crippen LogP contribution is -2.29. The molecule has 20 heavy (non-hydrogen) atoms. The van der Waals surface area contributed by atoms with E-state index < -0.39 is 0 Å². The summed E-state index contributed by atoms with van der Waals surface area (Å²) in [6, 6.07) is 5.87. The zero-order valence-corrected chi connectivity index (χ0v) is 12.0. The third-order valence-corrected chi connectivity index (χ3v) is 4.45. The van der Waals surface area contributed by atoms with Crippen LogP contribution in [0.5, 0.6) is 5.75 Å². The summed E-state index contributed by atoms with van der Waals surface area (Å²) in [4.78, 5) is 4.21. The van der Waals surface area contributed by atoms with Gasteiger partial charge in [-0.05, 0) is 49.8 Å². The number of hydrogen-bond donors (Lipinski definition) is 1. The molecule has 1 fully saturated rings. The number of hydrogen-bond acceptors (Lipinski definition) is 3. The van der Waals surface area contributed by atoms with Crippen LogP contribution in [0.25, 0.3) is 10.8 Å². The van der Waals surface area contributed by atoms with Gasteiger partial charge in [0.15, 0.2) is 0 Å². The number of benzene rings is 1. The van der Waals surface area contributed by atoms with Crippen LogP contribution in [0.1, 0.15) is 39.0 Å². The highest BCUT2D eigenvalue weighted by Crippen LogP contribution is 2.34. The molecule has 0 saturated heterocycles. The number of pyridine rings is 1. The Bertz CT molecular complexity index is 597. The third-order valence-electron chi connectivity index (χ3n) is 4.45. The molecule has 3 nitrogen and oxygen atoms in total. The van der Waals surface area contributed by atoms with E-state index in [2.05, 4.69) is 11.9 Å². The van der Waals surface area contributed by atoms with Crippen LogP contribution in [-0.2, 0) is 0 Å². The Morgan fingerprint density at radius 1 is 1.20 bits per heavy atom. The van der Waals surface area contributed by atoms with Gasteiger partial charge in [-0.1, -0.05) is 13.3 Å². The highest BCUT2D eigenvalue weighted by atomic mass is 16.5. The Morgan fingerprint density at radius 3 is 2.90 bits per heavy atom. The second-order valence-corrected chi connectivity index (χ2v) is 5.68. The predicted molar refractivity (Wildman–Crippen MR) is 82.8 cm³/mol. The number of nitrogens with two attached hydrogens (primary N) is 1. The smallest absolute Gasteiger partial charge is 0.129 e. The maximum Gasteiger partial charge on any atom is 0.129 e. The molecule has 3 heteroatoms. The molecule has 0 aliphatic heterocycles. The van der Waals surface area contributed by atoms with Crippen molar-refractivity contribution in [2.45, 2.75) is 45.1 Å². The number of ether oxygens (including phenoxy) is 1. The molecule has 0 amide bonds. The lowest BCUT2D eigenvalue weighted by Gasteiger charge is -2.31. The minimum Gasteiger partial charge on any atom is -0.489 e. The van der Waals surface area contributed by atoms with Crippen LogP contribution in [0.15, 0.2) is 30.6 Å². The maximum atomic E-state index is 6.33. The Morgan fingerprint density at radius 2 is 2.05 bits per heavy atom. The van der Waals surface area contributed by atoms with Crippen LogP contribution >= 0.6 is 0 Å². The van der Waals surface area contributed by atoms with Crippen LogP contribution in [0.4, 0.5) is 5.69 Å². The van der Waals surface area contributed by atoms with Gasteiger partial charge in [0.05, 0.1) is 0 Å². The molecular formula is C17H22N2O. The molecule has 1 aromatic heterocycles. The van der Waals surface area contributed by atoms with E-state index in [4.69, 9.17) is 10.5 Å². The van der Waals surface area contributed by atoms with E-state index in [-0.39, 0.29) is 0 Å². The predicted octanol–water partition coefficient (Wildman–Crippen LogP) is 4.16. The Hall–Kier alpha value is -1.77. The maximum absolute atomic E-state index is 6.33. The minimum atomic E-state index is 0.334.